The van der Waals surface area contributed by atoms with Gasteiger partial charge in [0.1, 0.15) is 24.4 Å². The average molecular weight is 446 g/mol. The molecule has 0 aromatic carbocycles. The summed E-state index contributed by atoms with van der Waals surface area (Å²) in [7, 11) is -2.14. The van der Waals surface area contributed by atoms with Gasteiger partial charge in [-0.1, -0.05) is 11.8 Å². The molecule has 1 aliphatic heterocycles. The Morgan fingerprint density at radius 3 is 2.14 bits per heavy atom. The Bertz CT molecular complexity index is 649. The lowest BCUT2D eigenvalue weighted by atomic mass is 10.0. The minimum absolute atomic E-state index is 0.146. The third-order valence-electron chi connectivity index (χ3n) is 3.71. The number of hydrogen-bond acceptors (Lipinski definition) is 10. The van der Waals surface area contributed by atoms with Crippen molar-refractivity contribution in [1.82, 2.24) is 5.32 Å². The molecule has 1 amide bonds. The van der Waals surface area contributed by atoms with Crippen LogP contribution in [0, 0.1) is 0 Å². The molecule has 0 spiro atoms. The van der Waals surface area contributed by atoms with Crippen LogP contribution in [0.4, 0.5) is 0 Å². The summed E-state index contributed by atoms with van der Waals surface area (Å²) in [6.07, 6.45) is -4.32. The summed E-state index contributed by atoms with van der Waals surface area (Å²) in [5, 5.41) is 2.35. The maximum Gasteiger partial charge on any atom is 0.397 e. The van der Waals surface area contributed by atoms with Crippen LogP contribution in [0.1, 0.15) is 27.7 Å². The molecule has 1 heterocycles. The van der Waals surface area contributed by atoms with Crippen LogP contribution in [0.15, 0.2) is 0 Å². The van der Waals surface area contributed by atoms with Crippen molar-refractivity contribution in [2.24, 2.45) is 0 Å². The smallest absolute Gasteiger partial charge is 0.354 e. The molecule has 1 rings (SSSR count). The molecule has 164 valence electrons. The first-order chi connectivity index (χ1) is 12.8. The molecule has 0 unspecified atom stereocenters. The highest BCUT2D eigenvalue weighted by molar-refractivity contribution is 8.13. The van der Waals surface area contributed by atoms with Crippen LogP contribution < -0.4 is 5.32 Å². The van der Waals surface area contributed by atoms with Gasteiger partial charge in [-0.15, -0.1) is 0 Å². The second-order valence-electron chi connectivity index (χ2n) is 6.50. The summed E-state index contributed by atoms with van der Waals surface area (Å²) in [5.74, 6) is -1.74. The Balaban J connectivity index is 3.29. The highest BCUT2D eigenvalue weighted by Gasteiger charge is 2.52. The maximum atomic E-state index is 11.7. The molecule has 1 fully saturated rings. The summed E-state index contributed by atoms with van der Waals surface area (Å²) >= 11 is 0.790. The molecule has 1 aliphatic rings. The molecule has 4 atom stereocenters. The largest absolute Gasteiger partial charge is 0.397 e. The van der Waals surface area contributed by atoms with Crippen LogP contribution in [0.25, 0.3) is 0 Å². The summed E-state index contributed by atoms with van der Waals surface area (Å²) in [4.78, 5) is 23.0. The van der Waals surface area contributed by atoms with Crippen LogP contribution >= 0.6 is 11.8 Å². The number of carbonyl (C=O) groups excluding carboxylic acids is 2. The van der Waals surface area contributed by atoms with Crippen molar-refractivity contribution in [2.45, 2.75) is 64.1 Å². The summed E-state index contributed by atoms with van der Waals surface area (Å²) in [5.41, 5.74) is 0. The number of methoxy groups -OCH3 is 2. The quantitative estimate of drug-likeness (QED) is 0.348. The Labute approximate surface area is 168 Å². The van der Waals surface area contributed by atoms with Gasteiger partial charge >= 0.3 is 10.4 Å². The van der Waals surface area contributed by atoms with Gasteiger partial charge in [0.15, 0.2) is 17.2 Å². The molecule has 2 N–H and O–H groups in total. The van der Waals surface area contributed by atoms with E-state index in [2.05, 4.69) is 5.32 Å². The predicted octanol–water partition coefficient (Wildman–Crippen LogP) is 0.0978. The molecule has 0 bridgehead atoms. The van der Waals surface area contributed by atoms with E-state index in [1.807, 2.05) is 0 Å². The number of rotatable bonds is 10. The highest BCUT2D eigenvalue weighted by Crippen LogP contribution is 2.35. The van der Waals surface area contributed by atoms with E-state index < -0.39 is 52.7 Å². The minimum atomic E-state index is -4.86. The van der Waals surface area contributed by atoms with E-state index in [9.17, 15) is 18.0 Å². The molecule has 11 nitrogen and oxygen atoms in total. The van der Waals surface area contributed by atoms with Gasteiger partial charge in [-0.25, -0.2) is 4.18 Å². The molecular formula is C15H27NO10S2. The second-order valence-corrected chi connectivity index (χ2v) is 8.74. The second kappa shape index (κ2) is 10.3. The predicted molar refractivity (Wildman–Crippen MR) is 98.8 cm³/mol. The Morgan fingerprint density at radius 2 is 1.71 bits per heavy atom. The molecule has 0 radical (unpaired) electrons. The van der Waals surface area contributed by atoms with Crippen molar-refractivity contribution in [1.29, 1.82) is 0 Å². The fourth-order valence-corrected chi connectivity index (χ4v) is 4.08. The normalized spacial score (nSPS) is 24.1. The zero-order valence-electron chi connectivity index (χ0n) is 16.5. The first-order valence-corrected chi connectivity index (χ1v) is 10.6. The third kappa shape index (κ3) is 7.91. The van der Waals surface area contributed by atoms with Crippen LogP contribution in [-0.2, 0) is 43.1 Å². The minimum Gasteiger partial charge on any atom is -0.354 e. The van der Waals surface area contributed by atoms with E-state index in [-0.39, 0.29) is 10.9 Å². The van der Waals surface area contributed by atoms with E-state index in [0.29, 0.717) is 0 Å². The number of nitrogens with one attached hydrogen (secondary N) is 1. The zero-order valence-corrected chi connectivity index (χ0v) is 18.2. The standard InChI is InChI=1S/C15H27NO10S2/c1-8(17)16-11(14(22-5)23-6)13-12(24-15(3,4)25-13)10(7-27-9(2)18)26-28(19,20)21/h10-14H,7H2,1-6H3,(H,16,17)(H,19,20,21)/t10-,11-,12-,13-/m1/s1. The van der Waals surface area contributed by atoms with E-state index in [0.717, 1.165) is 11.8 Å². The monoisotopic (exact) mass is 445 g/mol. The number of thioether (sulfide) groups is 1. The fourth-order valence-electron chi connectivity index (χ4n) is 2.84. The Morgan fingerprint density at radius 1 is 1.18 bits per heavy atom. The third-order valence-corrected chi connectivity index (χ3v) is 5.10. The first kappa shape index (κ1) is 25.2. The molecule has 0 saturated carbocycles. The van der Waals surface area contributed by atoms with Crippen LogP contribution in [0.5, 0.6) is 0 Å². The van der Waals surface area contributed by atoms with E-state index in [1.165, 1.54) is 28.1 Å². The van der Waals surface area contributed by atoms with Crippen molar-refractivity contribution >= 4 is 33.2 Å². The van der Waals surface area contributed by atoms with Crippen LogP contribution in [0.2, 0.25) is 0 Å². The van der Waals surface area contributed by atoms with Crippen molar-refractivity contribution in [3.63, 3.8) is 0 Å². The summed E-state index contributed by atoms with van der Waals surface area (Å²) in [6.45, 7) is 5.75. The SMILES string of the molecule is COC(OC)[C@H](NC(C)=O)[C@H]1OC(C)(C)O[C@@H]1[C@@H](CSC(C)=O)OS(=O)(=O)O. The van der Waals surface area contributed by atoms with E-state index in [1.54, 1.807) is 13.8 Å². The lowest BCUT2D eigenvalue weighted by Crippen LogP contribution is -2.57. The lowest BCUT2D eigenvalue weighted by Gasteiger charge is -2.33. The molecule has 1 saturated heterocycles. The average Bonchev–Trinajstić information content (AvgIpc) is 2.85. The van der Waals surface area contributed by atoms with Gasteiger partial charge in [-0.05, 0) is 13.8 Å². The molecular weight excluding hydrogens is 418 g/mol. The van der Waals surface area contributed by atoms with Crippen LogP contribution in [0.3, 0.4) is 0 Å². The molecule has 13 heteroatoms. The summed E-state index contributed by atoms with van der Waals surface area (Å²) < 4.78 is 58.7. The van der Waals surface area contributed by atoms with Crippen molar-refractivity contribution in [3.05, 3.63) is 0 Å². The van der Waals surface area contributed by atoms with Crippen molar-refractivity contribution in [2.75, 3.05) is 20.0 Å². The highest BCUT2D eigenvalue weighted by atomic mass is 32.3. The van der Waals surface area contributed by atoms with E-state index in [4.69, 9.17) is 27.7 Å². The molecule has 0 aromatic heterocycles. The molecule has 28 heavy (non-hydrogen) atoms. The first-order valence-electron chi connectivity index (χ1n) is 8.27. The van der Waals surface area contributed by atoms with Crippen molar-refractivity contribution in [3.8, 4) is 0 Å². The van der Waals surface area contributed by atoms with Crippen LogP contribution in [-0.4, -0.2) is 80.4 Å². The van der Waals surface area contributed by atoms with Gasteiger partial charge in [0.05, 0.1) is 0 Å². The molecule has 0 aromatic rings. The topological polar surface area (TPSA) is 147 Å². The van der Waals surface area contributed by atoms with Gasteiger partial charge in [0.25, 0.3) is 0 Å². The number of ether oxygens (including phenoxy) is 4. The van der Waals surface area contributed by atoms with Gasteiger partial charge in [-0.2, -0.15) is 8.42 Å². The van der Waals surface area contributed by atoms with Gasteiger partial charge in [0.2, 0.25) is 5.91 Å². The summed E-state index contributed by atoms with van der Waals surface area (Å²) in [6, 6.07) is -0.908. The lowest BCUT2D eigenvalue weighted by molar-refractivity contribution is -0.175. The number of hydrogen-bond donors (Lipinski definition) is 2. The Hall–Kier alpha value is -0.800. The van der Waals surface area contributed by atoms with Gasteiger partial charge in [0, 0.05) is 33.8 Å². The maximum absolute atomic E-state index is 11.7. The number of amides is 1. The fraction of sp³-hybridized carbons (Fsp3) is 0.867. The number of carbonyl (C=O) groups is 2. The van der Waals surface area contributed by atoms with E-state index >= 15 is 0 Å². The van der Waals surface area contributed by atoms with Crippen molar-refractivity contribution < 1.29 is 45.7 Å². The zero-order chi connectivity index (χ0) is 21.7. The Kier molecular flexibility index (Phi) is 9.28. The molecule has 0 aliphatic carbocycles. The van der Waals surface area contributed by atoms with Gasteiger partial charge in [-0.3, -0.25) is 14.1 Å². The van der Waals surface area contributed by atoms with Gasteiger partial charge < -0.3 is 24.3 Å².